The van der Waals surface area contributed by atoms with Crippen LogP contribution in [0.4, 0.5) is 0 Å². The number of rotatable bonds is 4. The van der Waals surface area contributed by atoms with E-state index in [4.69, 9.17) is 10.5 Å². The van der Waals surface area contributed by atoms with Crippen molar-refractivity contribution < 1.29 is 14.3 Å². The molecule has 0 fully saturated rings. The van der Waals surface area contributed by atoms with Crippen LogP contribution in [0.5, 0.6) is 5.75 Å². The molecule has 3 aromatic rings. The van der Waals surface area contributed by atoms with Crippen LogP contribution in [0.25, 0.3) is 11.3 Å². The van der Waals surface area contributed by atoms with Gasteiger partial charge in [0.1, 0.15) is 11.4 Å². The van der Waals surface area contributed by atoms with E-state index in [1.807, 2.05) is 13.0 Å². The van der Waals surface area contributed by atoms with Gasteiger partial charge < -0.3 is 10.5 Å². The van der Waals surface area contributed by atoms with E-state index in [2.05, 4.69) is 15.4 Å². The molecular weight excluding hydrogens is 308 g/mol. The van der Waals surface area contributed by atoms with Crippen molar-refractivity contribution in [2.24, 2.45) is 5.73 Å². The van der Waals surface area contributed by atoms with Crippen LogP contribution in [0.3, 0.4) is 0 Å². The number of H-pyrrole nitrogens is 1. The van der Waals surface area contributed by atoms with Gasteiger partial charge in [-0.15, -0.1) is 0 Å². The number of nitrogens with one attached hydrogen (secondary N) is 1. The first-order valence-electron chi connectivity index (χ1n) is 7.14. The van der Waals surface area contributed by atoms with E-state index in [-0.39, 0.29) is 5.69 Å². The molecule has 0 saturated carbocycles. The highest BCUT2D eigenvalue weighted by atomic mass is 16.5. The molecule has 1 aromatic heterocycles. The van der Waals surface area contributed by atoms with E-state index >= 15 is 0 Å². The number of carbonyl (C=O) groups is 2. The van der Waals surface area contributed by atoms with E-state index < -0.39 is 11.9 Å². The van der Waals surface area contributed by atoms with Gasteiger partial charge in [-0.3, -0.25) is 4.79 Å². The number of carbonyl (C=O) groups excluding carboxylic acids is 2. The van der Waals surface area contributed by atoms with Crippen molar-refractivity contribution in [1.29, 1.82) is 0 Å². The van der Waals surface area contributed by atoms with Crippen LogP contribution in [0.1, 0.15) is 26.4 Å². The number of hydrogen-bond donors (Lipinski definition) is 2. The lowest BCUT2D eigenvalue weighted by molar-refractivity contribution is 0.0734. The van der Waals surface area contributed by atoms with Gasteiger partial charge in [-0.2, -0.15) is 15.4 Å². The quantitative estimate of drug-likeness (QED) is 0.564. The highest BCUT2D eigenvalue weighted by molar-refractivity contribution is 5.97. The highest BCUT2D eigenvalue weighted by Crippen LogP contribution is 2.24. The molecule has 1 amide bonds. The summed E-state index contributed by atoms with van der Waals surface area (Å²) >= 11 is 0. The van der Waals surface area contributed by atoms with Crippen molar-refractivity contribution in [1.82, 2.24) is 15.4 Å². The predicted octanol–water partition coefficient (Wildman–Crippen LogP) is 2.10. The first kappa shape index (κ1) is 15.4. The van der Waals surface area contributed by atoms with Crippen LogP contribution >= 0.6 is 0 Å². The SMILES string of the molecule is Cc1cccc(C(=O)Oc2cccc(-c3n[nH]nc3C(N)=O)c2)c1. The van der Waals surface area contributed by atoms with E-state index in [1.165, 1.54) is 0 Å². The molecule has 1 heterocycles. The Hall–Kier alpha value is -3.48. The Morgan fingerprint density at radius 2 is 1.88 bits per heavy atom. The third kappa shape index (κ3) is 3.14. The van der Waals surface area contributed by atoms with Crippen molar-refractivity contribution >= 4 is 11.9 Å². The number of nitrogens with two attached hydrogens (primary N) is 1. The number of aromatic nitrogens is 3. The minimum Gasteiger partial charge on any atom is -0.423 e. The number of amides is 1. The first-order chi connectivity index (χ1) is 11.5. The molecule has 0 radical (unpaired) electrons. The zero-order valence-corrected chi connectivity index (χ0v) is 12.8. The molecule has 7 nitrogen and oxygen atoms in total. The van der Waals surface area contributed by atoms with Crippen LogP contribution < -0.4 is 10.5 Å². The summed E-state index contributed by atoms with van der Waals surface area (Å²) in [5, 5.41) is 10.0. The maximum absolute atomic E-state index is 12.2. The summed E-state index contributed by atoms with van der Waals surface area (Å²) in [6, 6.07) is 13.8. The van der Waals surface area contributed by atoms with Gasteiger partial charge in [-0.05, 0) is 31.2 Å². The summed E-state index contributed by atoms with van der Waals surface area (Å²) in [6.45, 7) is 1.90. The average molecular weight is 322 g/mol. The van der Waals surface area contributed by atoms with Crippen molar-refractivity contribution in [3.8, 4) is 17.0 Å². The molecule has 0 saturated heterocycles. The number of primary amides is 1. The van der Waals surface area contributed by atoms with Crippen molar-refractivity contribution in [2.75, 3.05) is 0 Å². The minimum atomic E-state index is -0.694. The van der Waals surface area contributed by atoms with Gasteiger partial charge in [0.25, 0.3) is 5.91 Å². The number of ether oxygens (including phenoxy) is 1. The second kappa shape index (κ2) is 6.33. The topological polar surface area (TPSA) is 111 Å². The van der Waals surface area contributed by atoms with Gasteiger partial charge in [0.15, 0.2) is 5.69 Å². The lowest BCUT2D eigenvalue weighted by Crippen LogP contribution is -2.13. The lowest BCUT2D eigenvalue weighted by Gasteiger charge is -2.06. The van der Waals surface area contributed by atoms with Crippen LogP contribution in [-0.4, -0.2) is 27.3 Å². The zero-order valence-electron chi connectivity index (χ0n) is 12.8. The normalized spacial score (nSPS) is 10.4. The van der Waals surface area contributed by atoms with E-state index in [1.54, 1.807) is 42.5 Å². The summed E-state index contributed by atoms with van der Waals surface area (Å²) in [4.78, 5) is 23.6. The van der Waals surface area contributed by atoms with Gasteiger partial charge in [0.2, 0.25) is 0 Å². The molecule has 0 bridgehead atoms. The van der Waals surface area contributed by atoms with Crippen molar-refractivity contribution in [2.45, 2.75) is 6.92 Å². The van der Waals surface area contributed by atoms with Crippen LogP contribution in [0.15, 0.2) is 48.5 Å². The molecule has 2 aromatic carbocycles. The molecule has 0 aliphatic rings. The molecule has 0 aliphatic carbocycles. The van der Waals surface area contributed by atoms with Crippen molar-refractivity contribution in [3.05, 3.63) is 65.4 Å². The fraction of sp³-hybridized carbons (Fsp3) is 0.0588. The highest BCUT2D eigenvalue weighted by Gasteiger charge is 2.16. The Labute approximate surface area is 137 Å². The van der Waals surface area contributed by atoms with Crippen LogP contribution in [0.2, 0.25) is 0 Å². The molecule has 7 heteroatoms. The summed E-state index contributed by atoms with van der Waals surface area (Å²) in [6.07, 6.45) is 0. The predicted molar refractivity (Wildman–Crippen MR) is 86.5 cm³/mol. The first-order valence-corrected chi connectivity index (χ1v) is 7.14. The third-order valence-electron chi connectivity index (χ3n) is 3.35. The monoisotopic (exact) mass is 322 g/mol. The number of hydrogen-bond acceptors (Lipinski definition) is 5. The van der Waals surface area contributed by atoms with Gasteiger partial charge in [-0.1, -0.05) is 29.8 Å². The summed E-state index contributed by atoms with van der Waals surface area (Å²) in [5.74, 6) is -0.829. The number of aryl methyl sites for hydroxylation is 1. The summed E-state index contributed by atoms with van der Waals surface area (Å²) < 4.78 is 5.38. The standard InChI is InChI=1S/C17H14N4O3/c1-10-4-2-6-12(8-10)17(23)24-13-7-3-5-11(9-13)14-15(16(18)22)20-21-19-14/h2-9H,1H3,(H2,18,22)(H,19,20,21). The second-order valence-corrected chi connectivity index (χ2v) is 5.17. The Kier molecular flexibility index (Phi) is 4.07. The van der Waals surface area contributed by atoms with Gasteiger partial charge >= 0.3 is 5.97 Å². The fourth-order valence-electron chi connectivity index (χ4n) is 2.25. The lowest BCUT2D eigenvalue weighted by atomic mass is 10.1. The largest absolute Gasteiger partial charge is 0.423 e. The molecule has 0 unspecified atom stereocenters. The van der Waals surface area contributed by atoms with E-state index in [0.29, 0.717) is 22.6 Å². The number of esters is 1. The van der Waals surface area contributed by atoms with Gasteiger partial charge in [0, 0.05) is 5.56 Å². The smallest absolute Gasteiger partial charge is 0.343 e. The molecule has 3 rings (SSSR count). The molecule has 0 atom stereocenters. The molecule has 3 N–H and O–H groups in total. The van der Waals surface area contributed by atoms with Crippen LogP contribution in [0, 0.1) is 6.92 Å². The van der Waals surface area contributed by atoms with E-state index in [0.717, 1.165) is 5.56 Å². The fourth-order valence-corrected chi connectivity index (χ4v) is 2.25. The maximum Gasteiger partial charge on any atom is 0.343 e. The molecule has 0 aliphatic heterocycles. The number of benzene rings is 2. The number of aromatic amines is 1. The Morgan fingerprint density at radius 3 is 2.62 bits per heavy atom. The second-order valence-electron chi connectivity index (χ2n) is 5.17. The zero-order chi connectivity index (χ0) is 17.1. The number of nitrogens with zero attached hydrogens (tertiary/aromatic N) is 2. The summed E-state index contributed by atoms with van der Waals surface area (Å²) in [5.41, 5.74) is 7.57. The minimum absolute atomic E-state index is 0.0251. The molecular formula is C17H14N4O3. The summed E-state index contributed by atoms with van der Waals surface area (Å²) in [7, 11) is 0. The average Bonchev–Trinajstić information content (AvgIpc) is 3.05. The Bertz CT molecular complexity index is 917. The van der Waals surface area contributed by atoms with E-state index in [9.17, 15) is 9.59 Å². The van der Waals surface area contributed by atoms with Crippen molar-refractivity contribution in [3.63, 3.8) is 0 Å². The third-order valence-corrected chi connectivity index (χ3v) is 3.35. The Morgan fingerprint density at radius 1 is 1.08 bits per heavy atom. The molecule has 0 spiro atoms. The molecule has 24 heavy (non-hydrogen) atoms. The van der Waals surface area contributed by atoms with Gasteiger partial charge in [-0.25, -0.2) is 4.79 Å². The maximum atomic E-state index is 12.2. The van der Waals surface area contributed by atoms with Crippen LogP contribution in [-0.2, 0) is 0 Å². The van der Waals surface area contributed by atoms with Gasteiger partial charge in [0.05, 0.1) is 5.56 Å². The molecule has 120 valence electrons. The Balaban J connectivity index is 1.87.